The summed E-state index contributed by atoms with van der Waals surface area (Å²) in [6.07, 6.45) is -2.74. The number of amidine groups is 1. The number of methoxy groups -OCH3 is 1. The summed E-state index contributed by atoms with van der Waals surface area (Å²) < 4.78 is 25.1. The minimum absolute atomic E-state index is 0.324. The van der Waals surface area contributed by atoms with Crippen LogP contribution in [0, 0.1) is 0 Å². The van der Waals surface area contributed by atoms with E-state index in [9.17, 15) is 9.50 Å². The minimum Gasteiger partial charge on any atom is -0.387 e. The Balaban J connectivity index is 1.78. The molecule has 0 radical (unpaired) electrons. The Bertz CT molecular complexity index is 499. The molecule has 0 aliphatic carbocycles. The van der Waals surface area contributed by atoms with Gasteiger partial charge in [0.05, 0.1) is 12.4 Å². The summed E-state index contributed by atoms with van der Waals surface area (Å²) in [4.78, 5) is 13.8. The molecule has 7 atom stereocenters. The molecular formula is C12H18FN5O3. The normalized spacial score (nSPS) is 43.0. The second kappa shape index (κ2) is 5.32. The number of hydrogen-bond acceptors (Lipinski definition) is 8. The van der Waals surface area contributed by atoms with Crippen LogP contribution in [0.15, 0.2) is 15.0 Å². The van der Waals surface area contributed by atoms with Gasteiger partial charge >= 0.3 is 0 Å². The van der Waals surface area contributed by atoms with Gasteiger partial charge in [0.2, 0.25) is 0 Å². The lowest BCUT2D eigenvalue weighted by Gasteiger charge is -2.31. The topological polar surface area (TPSA) is 105 Å². The van der Waals surface area contributed by atoms with Gasteiger partial charge in [0, 0.05) is 7.11 Å². The highest BCUT2D eigenvalue weighted by molar-refractivity contribution is 5.96. The molecule has 0 aromatic rings. The van der Waals surface area contributed by atoms with Crippen LogP contribution >= 0.6 is 0 Å². The van der Waals surface area contributed by atoms with E-state index in [0.29, 0.717) is 5.84 Å². The van der Waals surface area contributed by atoms with Gasteiger partial charge in [-0.3, -0.25) is 4.99 Å². The molecule has 3 N–H and O–H groups in total. The van der Waals surface area contributed by atoms with Gasteiger partial charge in [-0.15, -0.1) is 0 Å². The SMILES string of the molecule is COC(C)[C@H]1O[C@@H](N2C=NC3C(N)=NC=NC32)[C@H](F)[C@@H]1O. The Morgan fingerprint density at radius 1 is 1.52 bits per heavy atom. The van der Waals surface area contributed by atoms with Crippen LogP contribution in [0.5, 0.6) is 0 Å². The first-order valence-corrected chi connectivity index (χ1v) is 6.70. The summed E-state index contributed by atoms with van der Waals surface area (Å²) in [7, 11) is 1.48. The second-order valence-electron chi connectivity index (χ2n) is 5.26. The summed E-state index contributed by atoms with van der Waals surface area (Å²) >= 11 is 0. The van der Waals surface area contributed by atoms with Gasteiger partial charge in [0.25, 0.3) is 0 Å². The van der Waals surface area contributed by atoms with Crippen molar-refractivity contribution in [2.45, 2.75) is 49.8 Å². The highest BCUT2D eigenvalue weighted by Gasteiger charge is 2.52. The van der Waals surface area contributed by atoms with E-state index in [1.807, 2.05) is 0 Å². The standard InChI is InChI=1S/C12H18FN5O3/c1-5(20-2)9-8(19)6(13)12(21-9)18-4-17-7-10(14)15-3-16-11(7)18/h3-9,11-12,19H,1-2H3,(H2,14,15,16)/t5?,6-,7?,8+,9-,11?,12-/m1/s1. The van der Waals surface area contributed by atoms with Crippen LogP contribution in [-0.4, -0.2) is 78.5 Å². The number of ether oxygens (including phenoxy) is 2. The summed E-state index contributed by atoms with van der Waals surface area (Å²) in [5.41, 5.74) is 5.75. The first kappa shape index (κ1) is 14.4. The van der Waals surface area contributed by atoms with Gasteiger partial charge in [-0.05, 0) is 6.92 Å². The Morgan fingerprint density at radius 3 is 3.00 bits per heavy atom. The summed E-state index contributed by atoms with van der Waals surface area (Å²) in [5.74, 6) is 0.324. The van der Waals surface area contributed by atoms with Gasteiger partial charge in [-0.2, -0.15) is 0 Å². The van der Waals surface area contributed by atoms with E-state index in [2.05, 4.69) is 15.0 Å². The maximum Gasteiger partial charge on any atom is 0.173 e. The number of fused-ring (bicyclic) bond motifs is 1. The summed E-state index contributed by atoms with van der Waals surface area (Å²) in [5, 5.41) is 10.00. The van der Waals surface area contributed by atoms with Gasteiger partial charge in [-0.1, -0.05) is 0 Å². The van der Waals surface area contributed by atoms with Crippen molar-refractivity contribution in [3.8, 4) is 0 Å². The molecule has 0 spiro atoms. The van der Waals surface area contributed by atoms with Crippen molar-refractivity contribution < 1.29 is 19.0 Å². The molecule has 8 nitrogen and oxygen atoms in total. The molecule has 0 amide bonds. The van der Waals surface area contributed by atoms with Crippen LogP contribution in [0.2, 0.25) is 0 Å². The third kappa shape index (κ3) is 2.21. The van der Waals surface area contributed by atoms with E-state index in [1.165, 1.54) is 24.7 Å². The quantitative estimate of drug-likeness (QED) is 0.687. The third-order valence-electron chi connectivity index (χ3n) is 4.04. The molecule has 21 heavy (non-hydrogen) atoms. The Labute approximate surface area is 121 Å². The van der Waals surface area contributed by atoms with E-state index >= 15 is 0 Å². The Kier molecular flexibility index (Phi) is 3.64. The smallest absolute Gasteiger partial charge is 0.173 e. The van der Waals surface area contributed by atoms with E-state index in [0.717, 1.165) is 0 Å². The molecule has 0 bridgehead atoms. The van der Waals surface area contributed by atoms with Crippen molar-refractivity contribution >= 4 is 18.5 Å². The number of alkyl halides is 1. The maximum atomic E-state index is 14.4. The van der Waals surface area contributed by atoms with Crippen molar-refractivity contribution in [2.75, 3.05) is 7.11 Å². The van der Waals surface area contributed by atoms with Gasteiger partial charge in [-0.25, -0.2) is 14.4 Å². The molecule has 3 rings (SSSR count). The molecule has 1 fully saturated rings. The van der Waals surface area contributed by atoms with Crippen LogP contribution in [0.1, 0.15) is 6.92 Å². The molecule has 3 heterocycles. The monoisotopic (exact) mass is 299 g/mol. The average Bonchev–Trinajstić information content (AvgIpc) is 3.02. The third-order valence-corrected chi connectivity index (χ3v) is 4.04. The minimum atomic E-state index is -1.59. The molecule has 1 saturated heterocycles. The second-order valence-corrected chi connectivity index (χ2v) is 5.26. The number of nitrogens with two attached hydrogens (primary N) is 1. The van der Waals surface area contributed by atoms with Crippen molar-refractivity contribution in [2.24, 2.45) is 20.7 Å². The number of nitrogens with zero attached hydrogens (tertiary/aromatic N) is 4. The fourth-order valence-electron chi connectivity index (χ4n) is 2.73. The van der Waals surface area contributed by atoms with Crippen LogP contribution in [-0.2, 0) is 9.47 Å². The van der Waals surface area contributed by atoms with Crippen molar-refractivity contribution in [1.29, 1.82) is 0 Å². The predicted molar refractivity (Wildman–Crippen MR) is 74.1 cm³/mol. The average molecular weight is 299 g/mol. The van der Waals surface area contributed by atoms with E-state index < -0.39 is 42.9 Å². The molecule has 9 heteroatoms. The fraction of sp³-hybridized carbons (Fsp3) is 0.750. The molecule has 116 valence electrons. The van der Waals surface area contributed by atoms with Gasteiger partial charge in [0.15, 0.2) is 18.6 Å². The molecule has 0 saturated carbocycles. The largest absolute Gasteiger partial charge is 0.387 e. The zero-order chi connectivity index (χ0) is 15.1. The lowest BCUT2D eigenvalue weighted by molar-refractivity contribution is -0.102. The highest BCUT2D eigenvalue weighted by Crippen LogP contribution is 2.32. The molecular weight excluding hydrogens is 281 g/mol. The number of aliphatic imine (C=N–C) groups is 3. The molecule has 0 aromatic heterocycles. The summed E-state index contributed by atoms with van der Waals surface area (Å²) in [6.45, 7) is 1.72. The van der Waals surface area contributed by atoms with Crippen molar-refractivity contribution in [1.82, 2.24) is 4.90 Å². The summed E-state index contributed by atoms with van der Waals surface area (Å²) in [6, 6.07) is -0.443. The number of aliphatic hydroxyl groups is 1. The van der Waals surface area contributed by atoms with Crippen molar-refractivity contribution in [3.05, 3.63) is 0 Å². The van der Waals surface area contributed by atoms with Crippen molar-refractivity contribution in [3.63, 3.8) is 0 Å². The van der Waals surface area contributed by atoms with E-state index in [-0.39, 0.29) is 0 Å². The zero-order valence-electron chi connectivity index (χ0n) is 11.7. The molecule has 3 aliphatic rings. The number of halogens is 1. The van der Waals surface area contributed by atoms with E-state index in [4.69, 9.17) is 15.2 Å². The zero-order valence-corrected chi connectivity index (χ0v) is 11.7. The Morgan fingerprint density at radius 2 is 2.29 bits per heavy atom. The van der Waals surface area contributed by atoms with Crippen LogP contribution < -0.4 is 5.73 Å². The first-order chi connectivity index (χ1) is 10.0. The molecule has 3 unspecified atom stereocenters. The number of aliphatic hydroxyl groups excluding tert-OH is 1. The fourth-order valence-corrected chi connectivity index (χ4v) is 2.73. The lowest BCUT2D eigenvalue weighted by atomic mass is 10.1. The Hall–Kier alpha value is -1.58. The first-order valence-electron chi connectivity index (χ1n) is 6.70. The molecule has 0 aromatic carbocycles. The predicted octanol–water partition coefficient (Wildman–Crippen LogP) is -1.12. The molecule has 3 aliphatic heterocycles. The maximum absolute atomic E-state index is 14.4. The van der Waals surface area contributed by atoms with E-state index in [1.54, 1.807) is 6.92 Å². The van der Waals surface area contributed by atoms with Crippen LogP contribution in [0.3, 0.4) is 0 Å². The van der Waals surface area contributed by atoms with Crippen LogP contribution in [0.4, 0.5) is 4.39 Å². The van der Waals surface area contributed by atoms with Gasteiger partial charge < -0.3 is 25.2 Å². The number of hydrogen-bond donors (Lipinski definition) is 2. The lowest BCUT2D eigenvalue weighted by Crippen LogP contribution is -2.50. The highest BCUT2D eigenvalue weighted by atomic mass is 19.1. The van der Waals surface area contributed by atoms with Crippen LogP contribution in [0.25, 0.3) is 0 Å². The van der Waals surface area contributed by atoms with Gasteiger partial charge in [0.1, 0.15) is 30.4 Å². The number of rotatable bonds is 3.